The van der Waals surface area contributed by atoms with Gasteiger partial charge in [0.1, 0.15) is 0 Å². The summed E-state index contributed by atoms with van der Waals surface area (Å²) < 4.78 is 27.4. The summed E-state index contributed by atoms with van der Waals surface area (Å²) in [5.41, 5.74) is 2.52. The second kappa shape index (κ2) is 4.56. The summed E-state index contributed by atoms with van der Waals surface area (Å²) in [4.78, 5) is 13.5. The van der Waals surface area contributed by atoms with E-state index in [-0.39, 0.29) is 16.8 Å². The fraction of sp³-hybridized carbons (Fsp3) is 0.500. The molecule has 0 radical (unpaired) electrons. The number of nitrogens with zero attached hydrogens (tertiary/aromatic N) is 1. The van der Waals surface area contributed by atoms with Gasteiger partial charge in [-0.3, -0.25) is 4.79 Å². The van der Waals surface area contributed by atoms with Gasteiger partial charge in [-0.05, 0) is 43.4 Å². The van der Waals surface area contributed by atoms with E-state index in [2.05, 4.69) is 4.72 Å². The van der Waals surface area contributed by atoms with Gasteiger partial charge in [-0.15, -0.1) is 0 Å². The first-order valence-electron chi connectivity index (χ1n) is 6.82. The second-order valence-electron chi connectivity index (χ2n) is 5.56. The highest BCUT2D eigenvalue weighted by Crippen LogP contribution is 2.33. The van der Waals surface area contributed by atoms with Crippen LogP contribution in [0.3, 0.4) is 0 Å². The highest BCUT2D eigenvalue weighted by molar-refractivity contribution is 7.89. The number of fused-ring (bicyclic) bond motifs is 1. The van der Waals surface area contributed by atoms with E-state index in [4.69, 9.17) is 0 Å². The Kier molecular flexibility index (Phi) is 3.10. The third kappa shape index (κ3) is 2.33. The number of sulfonamides is 1. The molecule has 1 amide bonds. The van der Waals surface area contributed by atoms with Gasteiger partial charge in [0.15, 0.2) is 0 Å². The summed E-state index contributed by atoms with van der Waals surface area (Å²) in [5, 5.41) is 0. The number of benzene rings is 1. The number of rotatable bonds is 3. The zero-order valence-electron chi connectivity index (χ0n) is 11.6. The van der Waals surface area contributed by atoms with E-state index in [9.17, 15) is 13.2 Å². The molecule has 6 heteroatoms. The zero-order valence-corrected chi connectivity index (χ0v) is 12.5. The Hall–Kier alpha value is -1.40. The van der Waals surface area contributed by atoms with Crippen LogP contribution in [0.1, 0.15) is 30.9 Å². The number of carbonyl (C=O) groups excluding carboxylic acids is 1. The van der Waals surface area contributed by atoms with Gasteiger partial charge in [-0.1, -0.05) is 6.07 Å². The highest BCUT2D eigenvalue weighted by atomic mass is 32.2. The third-order valence-electron chi connectivity index (χ3n) is 3.84. The predicted octanol–water partition coefficient (Wildman–Crippen LogP) is 1.34. The maximum absolute atomic E-state index is 12.4. The zero-order chi connectivity index (χ0) is 14.5. The lowest BCUT2D eigenvalue weighted by Crippen LogP contribution is -2.28. The van der Waals surface area contributed by atoms with Crippen LogP contribution in [0.4, 0.5) is 5.69 Å². The van der Waals surface area contributed by atoms with Crippen LogP contribution in [0, 0.1) is 6.92 Å². The summed E-state index contributed by atoms with van der Waals surface area (Å²) in [7, 11) is -3.49. The van der Waals surface area contributed by atoms with Gasteiger partial charge in [0, 0.05) is 25.2 Å². The van der Waals surface area contributed by atoms with Crippen molar-refractivity contribution in [3.8, 4) is 0 Å². The van der Waals surface area contributed by atoms with Gasteiger partial charge in [0.05, 0.1) is 4.90 Å². The van der Waals surface area contributed by atoms with Crippen molar-refractivity contribution in [2.45, 2.75) is 44.0 Å². The molecule has 1 aliphatic heterocycles. The highest BCUT2D eigenvalue weighted by Gasteiger charge is 2.31. The number of aryl methyl sites for hydroxylation is 1. The quantitative estimate of drug-likeness (QED) is 0.915. The van der Waals surface area contributed by atoms with Crippen LogP contribution in [-0.2, 0) is 21.2 Å². The van der Waals surface area contributed by atoms with Crippen LogP contribution >= 0.6 is 0 Å². The summed E-state index contributed by atoms with van der Waals surface area (Å²) in [6, 6.07) is 3.61. The number of amides is 1. The van der Waals surface area contributed by atoms with Crippen molar-refractivity contribution in [3.05, 3.63) is 23.3 Å². The molecule has 1 fully saturated rings. The number of hydrogen-bond acceptors (Lipinski definition) is 3. The van der Waals surface area contributed by atoms with Gasteiger partial charge >= 0.3 is 0 Å². The van der Waals surface area contributed by atoms with E-state index >= 15 is 0 Å². The lowest BCUT2D eigenvalue weighted by molar-refractivity contribution is -0.116. The molecule has 1 aliphatic carbocycles. The molecular weight excluding hydrogens is 276 g/mol. The Morgan fingerprint density at radius 1 is 1.35 bits per heavy atom. The fourth-order valence-corrected chi connectivity index (χ4v) is 4.19. The van der Waals surface area contributed by atoms with Crippen molar-refractivity contribution in [1.82, 2.24) is 4.72 Å². The molecule has 108 valence electrons. The Bertz CT molecular complexity index is 678. The standard InChI is InChI=1S/C14H18N2O3S/c1-9-7-11-5-6-16(10(2)17)13(11)8-14(9)20(18,19)15-12-3-4-12/h7-8,12,15H,3-6H2,1-2H3. The smallest absolute Gasteiger partial charge is 0.241 e. The fourth-order valence-electron chi connectivity index (χ4n) is 2.64. The first-order valence-corrected chi connectivity index (χ1v) is 8.31. The Morgan fingerprint density at radius 2 is 2.05 bits per heavy atom. The van der Waals surface area contributed by atoms with E-state index in [0.29, 0.717) is 6.54 Å². The molecule has 5 nitrogen and oxygen atoms in total. The van der Waals surface area contributed by atoms with Gasteiger partial charge in [-0.25, -0.2) is 13.1 Å². The first-order chi connectivity index (χ1) is 9.38. The van der Waals surface area contributed by atoms with Crippen molar-refractivity contribution in [2.75, 3.05) is 11.4 Å². The normalized spacial score (nSPS) is 18.2. The van der Waals surface area contributed by atoms with E-state index in [0.717, 1.165) is 36.1 Å². The Labute approximate surface area is 119 Å². The molecule has 20 heavy (non-hydrogen) atoms. The Morgan fingerprint density at radius 3 is 2.65 bits per heavy atom. The monoisotopic (exact) mass is 294 g/mol. The minimum Gasteiger partial charge on any atom is -0.312 e. The van der Waals surface area contributed by atoms with Crippen molar-refractivity contribution in [1.29, 1.82) is 0 Å². The largest absolute Gasteiger partial charge is 0.312 e. The number of anilines is 1. The molecule has 1 saturated carbocycles. The average molecular weight is 294 g/mol. The minimum absolute atomic E-state index is 0.0499. The minimum atomic E-state index is -3.49. The van der Waals surface area contributed by atoms with Gasteiger partial charge in [-0.2, -0.15) is 0 Å². The first kappa shape index (κ1) is 13.6. The van der Waals surface area contributed by atoms with Crippen LogP contribution in [0.15, 0.2) is 17.0 Å². The van der Waals surface area contributed by atoms with Crippen molar-refractivity contribution in [2.24, 2.45) is 0 Å². The SMILES string of the molecule is CC(=O)N1CCc2cc(C)c(S(=O)(=O)NC3CC3)cc21. The number of carbonyl (C=O) groups is 1. The Balaban J connectivity index is 2.04. The van der Waals surface area contributed by atoms with E-state index in [1.54, 1.807) is 17.9 Å². The molecular formula is C14H18N2O3S. The lowest BCUT2D eigenvalue weighted by Gasteiger charge is -2.17. The molecule has 2 aliphatic rings. The maximum atomic E-state index is 12.4. The molecule has 0 aromatic heterocycles. The van der Waals surface area contributed by atoms with Crippen molar-refractivity contribution < 1.29 is 13.2 Å². The number of nitrogens with one attached hydrogen (secondary N) is 1. The van der Waals surface area contributed by atoms with Crippen LogP contribution in [0.25, 0.3) is 0 Å². The van der Waals surface area contributed by atoms with Crippen molar-refractivity contribution >= 4 is 21.6 Å². The molecule has 1 aromatic rings. The summed E-state index contributed by atoms with van der Waals surface area (Å²) in [6.07, 6.45) is 2.59. The van der Waals surface area contributed by atoms with Gasteiger partial charge < -0.3 is 4.90 Å². The molecule has 1 aromatic carbocycles. The summed E-state index contributed by atoms with van der Waals surface area (Å²) in [6.45, 7) is 3.94. The van der Waals surface area contributed by atoms with Crippen LogP contribution in [0.2, 0.25) is 0 Å². The second-order valence-corrected chi connectivity index (χ2v) is 7.25. The van der Waals surface area contributed by atoms with E-state index in [1.807, 2.05) is 6.07 Å². The molecule has 0 bridgehead atoms. The van der Waals surface area contributed by atoms with Gasteiger partial charge in [0.2, 0.25) is 15.9 Å². The molecule has 0 saturated heterocycles. The molecule has 1 heterocycles. The van der Waals surface area contributed by atoms with Gasteiger partial charge in [0.25, 0.3) is 0 Å². The van der Waals surface area contributed by atoms with E-state index < -0.39 is 10.0 Å². The molecule has 0 unspecified atom stereocenters. The molecule has 0 atom stereocenters. The molecule has 3 rings (SSSR count). The average Bonchev–Trinajstić information content (AvgIpc) is 3.04. The third-order valence-corrected chi connectivity index (χ3v) is 5.50. The molecule has 1 N–H and O–H groups in total. The summed E-state index contributed by atoms with van der Waals surface area (Å²) >= 11 is 0. The number of hydrogen-bond donors (Lipinski definition) is 1. The van der Waals surface area contributed by atoms with Crippen molar-refractivity contribution in [3.63, 3.8) is 0 Å². The maximum Gasteiger partial charge on any atom is 0.241 e. The topological polar surface area (TPSA) is 66.5 Å². The summed E-state index contributed by atoms with van der Waals surface area (Å²) in [5.74, 6) is -0.0499. The van der Waals surface area contributed by atoms with Crippen LogP contribution in [-0.4, -0.2) is 26.9 Å². The lowest BCUT2D eigenvalue weighted by atomic mass is 10.1. The van der Waals surface area contributed by atoms with Crippen LogP contribution in [0.5, 0.6) is 0 Å². The van der Waals surface area contributed by atoms with E-state index in [1.165, 1.54) is 6.92 Å². The predicted molar refractivity (Wildman–Crippen MR) is 76.3 cm³/mol. The molecule has 0 spiro atoms. The van der Waals surface area contributed by atoms with Crippen LogP contribution < -0.4 is 9.62 Å².